The summed E-state index contributed by atoms with van der Waals surface area (Å²) < 4.78 is 5.40. The van der Waals surface area contributed by atoms with E-state index in [1.165, 1.54) is 22.4 Å². The lowest BCUT2D eigenvalue weighted by Crippen LogP contribution is -2.31. The Morgan fingerprint density at radius 1 is 1.25 bits per heavy atom. The zero-order valence-electron chi connectivity index (χ0n) is 13.8. The lowest BCUT2D eigenvalue weighted by Gasteiger charge is -2.27. The number of aromatic nitrogens is 2. The van der Waals surface area contributed by atoms with Gasteiger partial charge in [-0.15, -0.1) is 0 Å². The van der Waals surface area contributed by atoms with Crippen molar-refractivity contribution in [3.05, 3.63) is 71.3 Å². The molecule has 0 bridgehead atoms. The van der Waals surface area contributed by atoms with Crippen molar-refractivity contribution in [3.8, 4) is 11.3 Å². The summed E-state index contributed by atoms with van der Waals surface area (Å²) in [6.45, 7) is 5.08. The van der Waals surface area contributed by atoms with Crippen LogP contribution in [-0.4, -0.2) is 28.2 Å². The van der Waals surface area contributed by atoms with Gasteiger partial charge in [-0.1, -0.05) is 35.9 Å². The van der Waals surface area contributed by atoms with E-state index in [1.807, 2.05) is 18.2 Å². The van der Waals surface area contributed by atoms with Crippen LogP contribution < -0.4 is 0 Å². The van der Waals surface area contributed by atoms with E-state index >= 15 is 0 Å². The number of nitrogens with one attached hydrogen (secondary N) is 1. The number of rotatable bonds is 4. The lowest BCUT2D eigenvalue weighted by molar-refractivity contribution is 0.275. The second kappa shape index (κ2) is 6.49. The molecule has 1 aliphatic heterocycles. The van der Waals surface area contributed by atoms with E-state index in [9.17, 15) is 0 Å². The van der Waals surface area contributed by atoms with Crippen molar-refractivity contribution < 1.29 is 4.42 Å². The van der Waals surface area contributed by atoms with Gasteiger partial charge in [-0.3, -0.25) is 10.00 Å². The zero-order valence-corrected chi connectivity index (χ0v) is 13.8. The zero-order chi connectivity index (χ0) is 16.4. The number of fused-ring (bicyclic) bond motifs is 1. The van der Waals surface area contributed by atoms with Crippen LogP contribution in [0.25, 0.3) is 17.3 Å². The van der Waals surface area contributed by atoms with Crippen LogP contribution in [0.1, 0.15) is 23.9 Å². The third-order valence-corrected chi connectivity index (χ3v) is 4.46. The third-order valence-electron chi connectivity index (χ3n) is 4.46. The molecule has 0 unspecified atom stereocenters. The number of furan rings is 1. The minimum Gasteiger partial charge on any atom is -0.465 e. The number of H-pyrrole nitrogens is 1. The maximum atomic E-state index is 5.40. The van der Waals surface area contributed by atoms with E-state index < -0.39 is 0 Å². The number of hydrogen-bond acceptors (Lipinski definition) is 3. The number of aromatic amines is 1. The Hall–Kier alpha value is -2.59. The minimum atomic E-state index is 0.915. The largest absolute Gasteiger partial charge is 0.465 e. The summed E-state index contributed by atoms with van der Waals surface area (Å²) in [4.78, 5) is 2.47. The molecule has 1 aliphatic rings. The van der Waals surface area contributed by atoms with Crippen LogP contribution in [0.2, 0.25) is 0 Å². The highest BCUT2D eigenvalue weighted by atomic mass is 16.3. The van der Waals surface area contributed by atoms with Gasteiger partial charge in [0.05, 0.1) is 12.0 Å². The summed E-state index contributed by atoms with van der Waals surface area (Å²) in [5, 5.41) is 7.79. The first-order valence-electron chi connectivity index (χ1n) is 8.34. The maximum absolute atomic E-state index is 5.40. The van der Waals surface area contributed by atoms with Crippen molar-refractivity contribution in [2.75, 3.05) is 13.1 Å². The highest BCUT2D eigenvalue weighted by Crippen LogP contribution is 2.28. The van der Waals surface area contributed by atoms with Gasteiger partial charge >= 0.3 is 0 Å². The molecule has 0 atom stereocenters. The Balaban J connectivity index is 1.52. The molecule has 3 aromatic rings. The first-order chi connectivity index (χ1) is 11.8. The maximum Gasteiger partial charge on any atom is 0.126 e. The van der Waals surface area contributed by atoms with Gasteiger partial charge in [0.15, 0.2) is 0 Å². The summed E-state index contributed by atoms with van der Waals surface area (Å²) in [7, 11) is 0. The summed E-state index contributed by atoms with van der Waals surface area (Å²) in [6.07, 6.45) is 4.84. The quantitative estimate of drug-likeness (QED) is 0.786. The molecule has 24 heavy (non-hydrogen) atoms. The van der Waals surface area contributed by atoms with Gasteiger partial charge in [-0.25, -0.2) is 0 Å². The van der Waals surface area contributed by atoms with Crippen LogP contribution >= 0.6 is 0 Å². The average Bonchev–Trinajstić information content (AvgIpc) is 3.25. The van der Waals surface area contributed by atoms with Crippen molar-refractivity contribution >= 4 is 6.08 Å². The second-order valence-corrected chi connectivity index (χ2v) is 6.36. The van der Waals surface area contributed by atoms with Crippen LogP contribution in [0, 0.1) is 0 Å². The highest BCUT2D eigenvalue weighted by molar-refractivity contribution is 5.64. The third kappa shape index (κ3) is 3.05. The predicted molar refractivity (Wildman–Crippen MR) is 95.4 cm³/mol. The van der Waals surface area contributed by atoms with E-state index in [1.54, 1.807) is 6.26 Å². The predicted octanol–water partition coefficient (Wildman–Crippen LogP) is 4.13. The Morgan fingerprint density at radius 3 is 2.92 bits per heavy atom. The van der Waals surface area contributed by atoms with Crippen molar-refractivity contribution in [2.24, 2.45) is 0 Å². The molecular formula is C20H21N3O. The van der Waals surface area contributed by atoms with Crippen LogP contribution in [-0.2, 0) is 13.0 Å². The summed E-state index contributed by atoms with van der Waals surface area (Å²) in [5.41, 5.74) is 6.18. The molecule has 0 fully saturated rings. The Kier molecular flexibility index (Phi) is 4.05. The Bertz CT molecular complexity index is 831. The molecule has 4 heteroatoms. The summed E-state index contributed by atoms with van der Waals surface area (Å²) in [6, 6.07) is 14.3. The molecule has 2 aromatic heterocycles. The van der Waals surface area contributed by atoms with E-state index in [0.29, 0.717) is 0 Å². The molecule has 3 heterocycles. The van der Waals surface area contributed by atoms with Crippen LogP contribution in [0.15, 0.2) is 58.7 Å². The van der Waals surface area contributed by atoms with Crippen LogP contribution in [0.3, 0.4) is 0 Å². The van der Waals surface area contributed by atoms with Gasteiger partial charge in [-0.2, -0.15) is 5.10 Å². The monoisotopic (exact) mass is 319 g/mol. The van der Waals surface area contributed by atoms with Gasteiger partial charge in [0.1, 0.15) is 5.76 Å². The molecule has 4 nitrogen and oxygen atoms in total. The van der Waals surface area contributed by atoms with E-state index in [2.05, 4.69) is 52.4 Å². The number of hydrogen-bond donors (Lipinski definition) is 1. The SMILES string of the molecule is C/C(=C\c1ccco1)CN1CCc2[nH]nc(-c3ccccc3)c2C1. The smallest absolute Gasteiger partial charge is 0.126 e. The topological polar surface area (TPSA) is 45.1 Å². The fourth-order valence-electron chi connectivity index (χ4n) is 3.34. The standard InChI is InChI=1S/C20H21N3O/c1-15(12-17-8-5-11-24-17)13-23-10-9-19-18(14-23)20(22-21-19)16-6-3-2-4-7-16/h2-8,11-12H,9-10,13-14H2,1H3,(H,21,22)/b15-12+. The van der Waals surface area contributed by atoms with Crippen molar-refractivity contribution in [2.45, 2.75) is 19.9 Å². The molecular weight excluding hydrogens is 298 g/mol. The molecule has 0 radical (unpaired) electrons. The van der Waals surface area contributed by atoms with Crippen LogP contribution in [0.5, 0.6) is 0 Å². The first-order valence-corrected chi connectivity index (χ1v) is 8.34. The fourth-order valence-corrected chi connectivity index (χ4v) is 3.34. The summed E-state index contributed by atoms with van der Waals surface area (Å²) in [5.74, 6) is 0.915. The van der Waals surface area contributed by atoms with Gasteiger partial charge in [0, 0.05) is 42.9 Å². The second-order valence-electron chi connectivity index (χ2n) is 6.36. The minimum absolute atomic E-state index is 0.915. The van der Waals surface area contributed by atoms with Crippen LogP contribution in [0.4, 0.5) is 0 Å². The van der Waals surface area contributed by atoms with E-state index in [0.717, 1.165) is 37.5 Å². The van der Waals surface area contributed by atoms with Crippen molar-refractivity contribution in [1.29, 1.82) is 0 Å². The molecule has 1 N–H and O–H groups in total. The molecule has 0 saturated carbocycles. The molecule has 122 valence electrons. The van der Waals surface area contributed by atoms with Gasteiger partial charge in [0.25, 0.3) is 0 Å². The summed E-state index contributed by atoms with van der Waals surface area (Å²) >= 11 is 0. The molecule has 0 spiro atoms. The van der Waals surface area contributed by atoms with Crippen molar-refractivity contribution in [1.82, 2.24) is 15.1 Å². The number of benzene rings is 1. The fraction of sp³-hybridized carbons (Fsp3) is 0.250. The van der Waals surface area contributed by atoms with Crippen molar-refractivity contribution in [3.63, 3.8) is 0 Å². The van der Waals surface area contributed by atoms with E-state index in [4.69, 9.17) is 4.42 Å². The first kappa shape index (κ1) is 15.0. The number of nitrogens with zero attached hydrogens (tertiary/aromatic N) is 2. The molecule has 0 amide bonds. The molecule has 0 aliphatic carbocycles. The van der Waals surface area contributed by atoms with Gasteiger partial charge in [-0.05, 0) is 25.1 Å². The molecule has 4 rings (SSSR count). The van der Waals surface area contributed by atoms with E-state index in [-0.39, 0.29) is 0 Å². The normalized spacial score (nSPS) is 15.5. The van der Waals surface area contributed by atoms with Gasteiger partial charge < -0.3 is 4.42 Å². The average molecular weight is 319 g/mol. The lowest BCUT2D eigenvalue weighted by atomic mass is 10.0. The Labute approximate surface area is 141 Å². The highest BCUT2D eigenvalue weighted by Gasteiger charge is 2.22. The molecule has 1 aromatic carbocycles. The molecule has 0 saturated heterocycles. The Morgan fingerprint density at radius 2 is 2.12 bits per heavy atom. The van der Waals surface area contributed by atoms with Gasteiger partial charge in [0.2, 0.25) is 0 Å².